The Morgan fingerprint density at radius 1 is 1.19 bits per heavy atom. The highest BCUT2D eigenvalue weighted by molar-refractivity contribution is 6.01. The van der Waals surface area contributed by atoms with Gasteiger partial charge in [-0.2, -0.15) is 0 Å². The molecule has 1 unspecified atom stereocenters. The van der Waals surface area contributed by atoms with Crippen LogP contribution in [0.1, 0.15) is 6.42 Å². The molecule has 6 nitrogen and oxygen atoms in total. The van der Waals surface area contributed by atoms with E-state index in [1.807, 2.05) is 24.3 Å². The quantitative estimate of drug-likeness (QED) is 0.698. The van der Waals surface area contributed by atoms with E-state index in [2.05, 4.69) is 22.5 Å². The second-order valence-electron chi connectivity index (χ2n) is 5.99. The lowest BCUT2D eigenvalue weighted by atomic mass is 10.0. The van der Waals surface area contributed by atoms with Crippen LogP contribution < -0.4 is 20.7 Å². The number of nitrogens with one attached hydrogen (secondary N) is 3. The minimum Gasteiger partial charge on any atom is -0.490 e. The summed E-state index contributed by atoms with van der Waals surface area (Å²) < 4.78 is 5.40. The molecule has 0 spiro atoms. The van der Waals surface area contributed by atoms with Gasteiger partial charge in [0.05, 0.1) is 17.3 Å². The minimum atomic E-state index is -0.447. The van der Waals surface area contributed by atoms with Gasteiger partial charge in [0.1, 0.15) is 12.4 Å². The Morgan fingerprint density at radius 2 is 1.92 bits per heavy atom. The summed E-state index contributed by atoms with van der Waals surface area (Å²) >= 11 is 0. The van der Waals surface area contributed by atoms with Gasteiger partial charge in [-0.05, 0) is 36.4 Å². The molecule has 2 aromatic rings. The molecular weight excluding hydrogens is 330 g/mol. The van der Waals surface area contributed by atoms with Gasteiger partial charge in [0.25, 0.3) is 0 Å². The third-order valence-electron chi connectivity index (χ3n) is 4.03. The predicted octanol–water partition coefficient (Wildman–Crippen LogP) is 3.26. The molecule has 1 aliphatic rings. The number of hydrogen-bond acceptors (Lipinski definition) is 4. The molecule has 1 heterocycles. The second-order valence-corrected chi connectivity index (χ2v) is 5.99. The van der Waals surface area contributed by atoms with Gasteiger partial charge in [0.2, 0.25) is 11.8 Å². The topological polar surface area (TPSA) is 79.5 Å². The Balaban J connectivity index is 1.56. The van der Waals surface area contributed by atoms with Crippen molar-refractivity contribution in [3.05, 3.63) is 61.2 Å². The third-order valence-corrected chi connectivity index (χ3v) is 4.03. The van der Waals surface area contributed by atoms with Gasteiger partial charge in [-0.25, -0.2) is 0 Å². The number of carbonyl (C=O) groups is 2. The van der Waals surface area contributed by atoms with Crippen LogP contribution in [-0.2, 0) is 9.59 Å². The summed E-state index contributed by atoms with van der Waals surface area (Å²) in [5.41, 5.74) is 2.25. The zero-order valence-electron chi connectivity index (χ0n) is 14.3. The van der Waals surface area contributed by atoms with Gasteiger partial charge in [-0.15, -0.1) is 0 Å². The lowest BCUT2D eigenvalue weighted by Gasteiger charge is -2.13. The molecule has 0 aliphatic carbocycles. The number of rotatable bonds is 6. The van der Waals surface area contributed by atoms with Crippen LogP contribution in [0.4, 0.5) is 17.1 Å². The van der Waals surface area contributed by atoms with Crippen LogP contribution in [0.5, 0.6) is 5.75 Å². The van der Waals surface area contributed by atoms with Gasteiger partial charge < -0.3 is 20.7 Å². The highest BCUT2D eigenvalue weighted by Gasteiger charge is 2.25. The highest BCUT2D eigenvalue weighted by atomic mass is 16.5. The van der Waals surface area contributed by atoms with Crippen LogP contribution in [-0.4, -0.2) is 25.0 Å². The average Bonchev–Trinajstić information content (AvgIpc) is 2.80. The first-order valence-electron chi connectivity index (χ1n) is 8.43. The normalized spacial score (nSPS) is 15.7. The van der Waals surface area contributed by atoms with Crippen molar-refractivity contribution in [3.8, 4) is 5.75 Å². The maximum atomic E-state index is 12.4. The maximum absolute atomic E-state index is 12.4. The van der Waals surface area contributed by atoms with Gasteiger partial charge in [0.15, 0.2) is 0 Å². The molecule has 134 valence electrons. The molecular formula is C20H21N3O3. The minimum absolute atomic E-state index is 0.0987. The van der Waals surface area contributed by atoms with Crippen LogP contribution in [0.25, 0.3) is 0 Å². The summed E-state index contributed by atoms with van der Waals surface area (Å²) in [4.78, 5) is 24.7. The largest absolute Gasteiger partial charge is 0.490 e. The summed E-state index contributed by atoms with van der Waals surface area (Å²) in [5.74, 6) is -0.117. The number of ether oxygens (including phenoxy) is 1. The SMILES string of the molecule is C=CCOc1ccc(NC(=O)CC2CNc3ccccc3NC2=O)cc1. The first-order valence-corrected chi connectivity index (χ1v) is 8.43. The van der Waals surface area contributed by atoms with E-state index in [4.69, 9.17) is 4.74 Å². The molecule has 0 saturated carbocycles. The Bertz CT molecular complexity index is 802. The molecule has 0 bridgehead atoms. The number of carbonyl (C=O) groups excluding carboxylic acids is 2. The van der Waals surface area contributed by atoms with Crippen LogP contribution in [0.3, 0.4) is 0 Å². The van der Waals surface area contributed by atoms with Crippen molar-refractivity contribution in [2.24, 2.45) is 5.92 Å². The van der Waals surface area contributed by atoms with Crippen molar-refractivity contribution in [2.75, 3.05) is 29.1 Å². The summed E-state index contributed by atoms with van der Waals surface area (Å²) in [6.07, 6.45) is 1.77. The van der Waals surface area contributed by atoms with E-state index in [9.17, 15) is 9.59 Å². The van der Waals surface area contributed by atoms with Crippen molar-refractivity contribution in [3.63, 3.8) is 0 Å². The summed E-state index contributed by atoms with van der Waals surface area (Å²) in [5, 5.41) is 8.89. The average molecular weight is 351 g/mol. The molecule has 3 N–H and O–H groups in total. The van der Waals surface area contributed by atoms with Crippen LogP contribution in [0.15, 0.2) is 61.2 Å². The number of hydrogen-bond donors (Lipinski definition) is 3. The molecule has 0 saturated heterocycles. The standard InChI is InChI=1S/C20H21N3O3/c1-2-11-26-16-9-7-15(8-10-16)22-19(24)12-14-13-21-17-5-3-4-6-18(17)23-20(14)25/h2-10,14,21H,1,11-13H2,(H,22,24)(H,23,25). The fourth-order valence-electron chi connectivity index (χ4n) is 2.70. The third kappa shape index (κ3) is 4.42. The zero-order valence-corrected chi connectivity index (χ0v) is 14.3. The molecule has 1 aliphatic heterocycles. The van der Waals surface area contributed by atoms with Gasteiger partial charge >= 0.3 is 0 Å². The van der Waals surface area contributed by atoms with E-state index in [0.717, 1.165) is 11.4 Å². The Labute approximate surface area is 152 Å². The number of fused-ring (bicyclic) bond motifs is 1. The maximum Gasteiger partial charge on any atom is 0.229 e. The Morgan fingerprint density at radius 3 is 2.65 bits per heavy atom. The number of benzene rings is 2. The molecule has 2 aromatic carbocycles. The molecule has 1 atom stereocenters. The summed E-state index contributed by atoms with van der Waals surface area (Å²) in [6.45, 7) is 4.43. The monoisotopic (exact) mass is 351 g/mol. The molecule has 0 radical (unpaired) electrons. The van der Waals surface area contributed by atoms with E-state index >= 15 is 0 Å². The summed E-state index contributed by atoms with van der Waals surface area (Å²) in [6, 6.07) is 14.6. The van der Waals surface area contributed by atoms with Crippen LogP contribution in [0, 0.1) is 5.92 Å². The predicted molar refractivity (Wildman–Crippen MR) is 102 cm³/mol. The Kier molecular flexibility index (Phi) is 5.53. The van der Waals surface area contributed by atoms with Crippen molar-refractivity contribution in [1.29, 1.82) is 0 Å². The van der Waals surface area contributed by atoms with Crippen molar-refractivity contribution >= 4 is 28.9 Å². The van der Waals surface area contributed by atoms with Gasteiger partial charge in [-0.1, -0.05) is 24.8 Å². The number of anilines is 3. The highest BCUT2D eigenvalue weighted by Crippen LogP contribution is 2.26. The lowest BCUT2D eigenvalue weighted by Crippen LogP contribution is -2.30. The van der Waals surface area contributed by atoms with Crippen molar-refractivity contribution in [2.45, 2.75) is 6.42 Å². The van der Waals surface area contributed by atoms with E-state index in [0.29, 0.717) is 24.6 Å². The number of para-hydroxylation sites is 2. The number of amides is 2. The van der Waals surface area contributed by atoms with E-state index < -0.39 is 5.92 Å². The van der Waals surface area contributed by atoms with E-state index in [-0.39, 0.29) is 18.2 Å². The summed E-state index contributed by atoms with van der Waals surface area (Å²) in [7, 11) is 0. The van der Waals surface area contributed by atoms with Crippen molar-refractivity contribution < 1.29 is 14.3 Å². The molecule has 0 aromatic heterocycles. The second kappa shape index (κ2) is 8.20. The fraction of sp³-hybridized carbons (Fsp3) is 0.200. The van der Waals surface area contributed by atoms with Gasteiger partial charge in [-0.3, -0.25) is 9.59 Å². The Hall–Kier alpha value is -3.28. The smallest absolute Gasteiger partial charge is 0.229 e. The first-order chi connectivity index (χ1) is 12.7. The molecule has 0 fully saturated rings. The van der Waals surface area contributed by atoms with Crippen LogP contribution in [0.2, 0.25) is 0 Å². The molecule has 3 rings (SSSR count). The molecule has 2 amide bonds. The molecule has 6 heteroatoms. The van der Waals surface area contributed by atoms with Crippen molar-refractivity contribution in [1.82, 2.24) is 0 Å². The lowest BCUT2D eigenvalue weighted by molar-refractivity contribution is -0.124. The van der Waals surface area contributed by atoms with E-state index in [1.54, 1.807) is 30.3 Å². The fourth-order valence-corrected chi connectivity index (χ4v) is 2.70. The molecule has 26 heavy (non-hydrogen) atoms. The zero-order chi connectivity index (χ0) is 18.4. The van der Waals surface area contributed by atoms with E-state index in [1.165, 1.54) is 0 Å². The van der Waals surface area contributed by atoms with Crippen LogP contribution >= 0.6 is 0 Å². The first kappa shape index (κ1) is 17.5. The van der Waals surface area contributed by atoms with Gasteiger partial charge in [0, 0.05) is 18.7 Å².